The summed E-state index contributed by atoms with van der Waals surface area (Å²) < 4.78 is 10.4. The first-order valence-electron chi connectivity index (χ1n) is 8.76. The molecule has 0 amide bonds. The third-order valence-electron chi connectivity index (χ3n) is 4.10. The largest absolute Gasteiger partial charge is 0.507 e. The molecule has 1 heterocycles. The lowest BCUT2D eigenvalue weighted by molar-refractivity contribution is -0.144. The second kappa shape index (κ2) is 9.17. The predicted octanol–water partition coefficient (Wildman–Crippen LogP) is 4.09. The van der Waals surface area contributed by atoms with Gasteiger partial charge < -0.3 is 19.6 Å². The summed E-state index contributed by atoms with van der Waals surface area (Å²) >= 11 is 1.30. The van der Waals surface area contributed by atoms with E-state index in [9.17, 15) is 15.2 Å². The maximum Gasteiger partial charge on any atom is 0.316 e. The fourth-order valence-electron chi connectivity index (χ4n) is 2.61. The monoisotopic (exact) mass is 409 g/mol. The minimum atomic E-state index is -0.984. The highest BCUT2D eigenvalue weighted by Crippen LogP contribution is 2.23. The number of esters is 1. The lowest BCUT2D eigenvalue weighted by Gasteiger charge is -2.13. The zero-order valence-electron chi connectivity index (χ0n) is 15.9. The van der Waals surface area contributed by atoms with Gasteiger partial charge in [0.25, 0.3) is 0 Å². The van der Waals surface area contributed by atoms with Gasteiger partial charge in [-0.25, -0.2) is 4.98 Å². The van der Waals surface area contributed by atoms with Gasteiger partial charge in [0, 0.05) is 4.90 Å². The van der Waals surface area contributed by atoms with Gasteiger partial charge in [-0.15, -0.1) is 11.8 Å². The molecule has 0 aliphatic rings. The number of aliphatic hydroxyl groups is 1. The fraction of sp³-hybridized carbons (Fsp3) is 0.190. The van der Waals surface area contributed by atoms with Crippen LogP contribution in [0, 0.1) is 11.3 Å². The average Bonchev–Trinajstić information content (AvgIpc) is 3.16. The molecule has 2 aromatic carbocycles. The number of hydrogen-bond donors (Lipinski definition) is 2. The van der Waals surface area contributed by atoms with Crippen molar-refractivity contribution in [2.75, 3.05) is 12.9 Å². The summed E-state index contributed by atoms with van der Waals surface area (Å²) in [6.07, 6.45) is -0.984. The molecule has 3 rings (SSSR count). The Morgan fingerprint density at radius 3 is 2.66 bits per heavy atom. The van der Waals surface area contributed by atoms with Crippen LogP contribution in [0.4, 0.5) is 0 Å². The molecule has 7 nitrogen and oxygen atoms in total. The van der Waals surface area contributed by atoms with Gasteiger partial charge in [-0.05, 0) is 43.3 Å². The molecular weight excluding hydrogens is 390 g/mol. The van der Waals surface area contributed by atoms with Crippen LogP contribution in [-0.2, 0) is 9.53 Å². The second-order valence-electron chi connectivity index (χ2n) is 6.07. The minimum Gasteiger partial charge on any atom is -0.507 e. The number of benzene rings is 2. The van der Waals surface area contributed by atoms with E-state index in [1.165, 1.54) is 18.7 Å². The number of imidazole rings is 1. The molecule has 148 valence electrons. The number of nitrogens with zero attached hydrogens (tertiary/aromatic N) is 2. The van der Waals surface area contributed by atoms with Crippen molar-refractivity contribution in [3.05, 3.63) is 60.1 Å². The van der Waals surface area contributed by atoms with E-state index in [0.29, 0.717) is 5.52 Å². The SMILES string of the molecule is COc1ccc(SCC(=O)O[C@@H](C)/C(O)=C(\C#N)c2nc3ccccc3[nH]2)cc1. The minimum absolute atomic E-state index is 0.0655. The van der Waals surface area contributed by atoms with Gasteiger partial charge in [0.05, 0.1) is 23.9 Å². The summed E-state index contributed by atoms with van der Waals surface area (Å²) in [7, 11) is 1.59. The fourth-order valence-corrected chi connectivity index (χ4v) is 3.29. The van der Waals surface area contributed by atoms with Crippen molar-refractivity contribution in [3.8, 4) is 11.8 Å². The van der Waals surface area contributed by atoms with Crippen molar-refractivity contribution in [1.82, 2.24) is 9.97 Å². The van der Waals surface area contributed by atoms with Crippen LogP contribution in [0.2, 0.25) is 0 Å². The van der Waals surface area contributed by atoms with Gasteiger partial charge in [-0.1, -0.05) is 12.1 Å². The molecule has 0 bridgehead atoms. The van der Waals surface area contributed by atoms with E-state index >= 15 is 0 Å². The average molecular weight is 409 g/mol. The number of fused-ring (bicyclic) bond motifs is 1. The molecular formula is C21H19N3O4S. The third-order valence-corrected chi connectivity index (χ3v) is 5.09. The van der Waals surface area contributed by atoms with Gasteiger partial charge in [0.2, 0.25) is 0 Å². The Hall–Kier alpha value is -3.44. The maximum atomic E-state index is 12.1. The molecule has 2 N–H and O–H groups in total. The van der Waals surface area contributed by atoms with Crippen molar-refractivity contribution < 1.29 is 19.4 Å². The summed E-state index contributed by atoms with van der Waals surface area (Å²) in [6, 6.07) is 16.5. The number of aromatic amines is 1. The number of para-hydroxylation sites is 2. The number of carbonyl (C=O) groups is 1. The van der Waals surface area contributed by atoms with Crippen molar-refractivity contribution in [2.24, 2.45) is 0 Å². The number of carbonyl (C=O) groups excluding carboxylic acids is 1. The lowest BCUT2D eigenvalue weighted by Crippen LogP contribution is -2.19. The number of hydrogen-bond acceptors (Lipinski definition) is 7. The highest BCUT2D eigenvalue weighted by atomic mass is 32.2. The van der Waals surface area contributed by atoms with E-state index < -0.39 is 12.1 Å². The Labute approximate surface area is 172 Å². The Morgan fingerprint density at radius 2 is 2.00 bits per heavy atom. The molecule has 0 aliphatic carbocycles. The van der Waals surface area contributed by atoms with Gasteiger partial charge in [-0.2, -0.15) is 5.26 Å². The van der Waals surface area contributed by atoms with Crippen LogP contribution in [0.5, 0.6) is 5.75 Å². The van der Waals surface area contributed by atoms with Crippen LogP contribution in [0.25, 0.3) is 16.6 Å². The quantitative estimate of drug-likeness (QED) is 0.262. The number of rotatable bonds is 7. The van der Waals surface area contributed by atoms with E-state index in [1.54, 1.807) is 25.3 Å². The molecule has 0 unspecified atom stereocenters. The number of allylic oxidation sites excluding steroid dienone is 1. The molecule has 1 atom stereocenters. The maximum absolute atomic E-state index is 12.1. The first-order chi connectivity index (χ1) is 14.0. The predicted molar refractivity (Wildman–Crippen MR) is 111 cm³/mol. The topological polar surface area (TPSA) is 108 Å². The highest BCUT2D eigenvalue weighted by molar-refractivity contribution is 8.00. The third kappa shape index (κ3) is 4.89. The molecule has 0 radical (unpaired) electrons. The van der Waals surface area contributed by atoms with E-state index in [2.05, 4.69) is 9.97 Å². The molecule has 3 aromatic rings. The van der Waals surface area contributed by atoms with Gasteiger partial charge in [0.1, 0.15) is 17.4 Å². The normalized spacial score (nSPS) is 12.7. The zero-order chi connectivity index (χ0) is 20.8. The molecule has 0 saturated carbocycles. The molecule has 0 aliphatic heterocycles. The van der Waals surface area contributed by atoms with Gasteiger partial charge >= 0.3 is 5.97 Å². The van der Waals surface area contributed by atoms with Crippen molar-refractivity contribution in [2.45, 2.75) is 17.9 Å². The van der Waals surface area contributed by atoms with Crippen molar-refractivity contribution in [1.29, 1.82) is 5.26 Å². The molecule has 29 heavy (non-hydrogen) atoms. The number of H-pyrrole nitrogens is 1. The number of methoxy groups -OCH3 is 1. The van der Waals surface area contributed by atoms with E-state index in [-0.39, 0.29) is 22.9 Å². The number of nitrogens with one attached hydrogen (secondary N) is 1. The summed E-state index contributed by atoms with van der Waals surface area (Å²) in [6.45, 7) is 1.51. The van der Waals surface area contributed by atoms with Crippen LogP contribution < -0.4 is 4.74 Å². The van der Waals surface area contributed by atoms with Crippen molar-refractivity contribution in [3.63, 3.8) is 0 Å². The molecule has 0 saturated heterocycles. The molecule has 1 aromatic heterocycles. The molecule has 0 spiro atoms. The lowest BCUT2D eigenvalue weighted by atomic mass is 10.2. The number of aromatic nitrogens is 2. The van der Waals surface area contributed by atoms with E-state index in [1.807, 2.05) is 36.4 Å². The van der Waals surface area contributed by atoms with Gasteiger partial charge in [-0.3, -0.25) is 4.79 Å². The zero-order valence-corrected chi connectivity index (χ0v) is 16.7. The van der Waals surface area contributed by atoms with Crippen LogP contribution in [0.15, 0.2) is 59.2 Å². The van der Waals surface area contributed by atoms with E-state index in [4.69, 9.17) is 9.47 Å². The van der Waals surface area contributed by atoms with Crippen LogP contribution in [0.3, 0.4) is 0 Å². The molecule has 8 heteroatoms. The number of nitriles is 1. The van der Waals surface area contributed by atoms with Crippen LogP contribution >= 0.6 is 11.8 Å². The van der Waals surface area contributed by atoms with Gasteiger partial charge in [0.15, 0.2) is 17.7 Å². The first-order valence-corrected chi connectivity index (χ1v) is 9.75. The summed E-state index contributed by atoms with van der Waals surface area (Å²) in [4.78, 5) is 20.3. The van der Waals surface area contributed by atoms with Crippen LogP contribution in [0.1, 0.15) is 12.7 Å². The smallest absolute Gasteiger partial charge is 0.316 e. The summed E-state index contributed by atoms with van der Waals surface area (Å²) in [5, 5.41) is 19.9. The molecule has 0 fully saturated rings. The second-order valence-corrected chi connectivity index (χ2v) is 7.12. The summed E-state index contributed by atoms with van der Waals surface area (Å²) in [5.74, 6) is 0.161. The van der Waals surface area contributed by atoms with E-state index in [0.717, 1.165) is 16.2 Å². The number of thioether (sulfide) groups is 1. The Bertz CT molecular complexity index is 1050. The first kappa shape index (κ1) is 20.3. The highest BCUT2D eigenvalue weighted by Gasteiger charge is 2.21. The standard InChI is InChI=1S/C21H19N3O4S/c1-13(28-19(25)12-29-15-9-7-14(27-2)8-10-15)20(26)16(11-22)21-23-17-5-3-4-6-18(17)24-21/h3-10,13,26H,12H2,1-2H3,(H,23,24)/b20-16-/t13-/m0/s1. The Kier molecular flexibility index (Phi) is 6.42. The van der Waals surface area contributed by atoms with Crippen molar-refractivity contribution >= 4 is 34.3 Å². The summed E-state index contributed by atoms with van der Waals surface area (Å²) in [5.41, 5.74) is 1.34. The number of aliphatic hydroxyl groups excluding tert-OH is 1. The Balaban J connectivity index is 1.66. The van der Waals surface area contributed by atoms with Crippen LogP contribution in [-0.4, -0.2) is 40.0 Å². The number of ether oxygens (including phenoxy) is 2. The Morgan fingerprint density at radius 1 is 1.28 bits per heavy atom.